The molecule has 0 aliphatic carbocycles. The third-order valence-electron chi connectivity index (χ3n) is 6.37. The Bertz CT molecular complexity index is 1390. The lowest BCUT2D eigenvalue weighted by molar-refractivity contribution is 0.00762. The molecule has 0 radical (unpaired) electrons. The standard InChI is InChI=1S/C27H29N3O6S2/c1-34-23-5-3-4-22(16-23)24(36-19-21-8-6-20(17-28)7-9-21)18-29-11-13-30(14-12-29)38(32,33)25-10-15-37-26(25)27(31)35-2/h3-10,15-16,24H,11-14,18-19H2,1-2H3/t24-/m1/s1. The summed E-state index contributed by atoms with van der Waals surface area (Å²) in [4.78, 5) is 14.3. The maximum absolute atomic E-state index is 13.3. The Labute approximate surface area is 226 Å². The molecule has 0 saturated carbocycles. The number of benzene rings is 2. The number of rotatable bonds is 10. The fourth-order valence-electron chi connectivity index (χ4n) is 4.24. The van der Waals surface area contributed by atoms with Crippen molar-refractivity contribution >= 4 is 27.3 Å². The number of nitriles is 1. The Kier molecular flexibility index (Phi) is 9.14. The van der Waals surface area contributed by atoms with Crippen LogP contribution in [-0.4, -0.2) is 70.5 Å². The van der Waals surface area contributed by atoms with Gasteiger partial charge in [-0.05, 0) is 46.8 Å². The van der Waals surface area contributed by atoms with Gasteiger partial charge in [0, 0.05) is 32.7 Å². The van der Waals surface area contributed by atoms with E-state index in [1.807, 2.05) is 36.4 Å². The number of carbonyl (C=O) groups is 1. The molecule has 0 spiro atoms. The van der Waals surface area contributed by atoms with E-state index < -0.39 is 16.0 Å². The Hall–Kier alpha value is -3.27. The smallest absolute Gasteiger partial charge is 0.349 e. The molecular weight excluding hydrogens is 526 g/mol. The van der Waals surface area contributed by atoms with E-state index in [2.05, 4.69) is 11.0 Å². The lowest BCUT2D eigenvalue weighted by Gasteiger charge is -2.35. The molecule has 4 rings (SSSR count). The summed E-state index contributed by atoms with van der Waals surface area (Å²) in [7, 11) is -0.973. The Morgan fingerprint density at radius 1 is 1.08 bits per heavy atom. The van der Waals surface area contributed by atoms with Crippen LogP contribution in [0.4, 0.5) is 0 Å². The minimum absolute atomic E-state index is 0.0113. The van der Waals surface area contributed by atoms with E-state index in [0.717, 1.165) is 28.2 Å². The third kappa shape index (κ3) is 6.40. The number of esters is 1. The highest BCUT2D eigenvalue weighted by Crippen LogP contribution is 2.28. The van der Waals surface area contributed by atoms with Crippen LogP contribution < -0.4 is 4.74 Å². The van der Waals surface area contributed by atoms with Gasteiger partial charge in [0.25, 0.3) is 0 Å². The Morgan fingerprint density at radius 2 is 1.82 bits per heavy atom. The minimum Gasteiger partial charge on any atom is -0.497 e. The van der Waals surface area contributed by atoms with Gasteiger partial charge in [-0.15, -0.1) is 11.3 Å². The summed E-state index contributed by atoms with van der Waals surface area (Å²) in [6, 6.07) is 18.5. The van der Waals surface area contributed by atoms with Gasteiger partial charge < -0.3 is 14.2 Å². The van der Waals surface area contributed by atoms with E-state index in [1.54, 1.807) is 24.6 Å². The van der Waals surface area contributed by atoms with Crippen molar-refractivity contribution in [2.45, 2.75) is 17.6 Å². The van der Waals surface area contributed by atoms with Gasteiger partial charge in [0.15, 0.2) is 0 Å². The zero-order chi connectivity index (χ0) is 27.1. The number of methoxy groups -OCH3 is 2. The molecule has 9 nitrogen and oxygen atoms in total. The number of hydrogen-bond acceptors (Lipinski definition) is 9. The van der Waals surface area contributed by atoms with Crippen molar-refractivity contribution in [3.63, 3.8) is 0 Å². The molecule has 1 fully saturated rings. The number of sulfonamides is 1. The van der Waals surface area contributed by atoms with Crippen LogP contribution in [0.3, 0.4) is 0 Å². The van der Waals surface area contributed by atoms with E-state index in [9.17, 15) is 13.2 Å². The molecule has 2 heterocycles. The number of hydrogen-bond donors (Lipinski definition) is 0. The first-order valence-corrected chi connectivity index (χ1v) is 14.3. The van der Waals surface area contributed by atoms with Crippen LogP contribution in [0, 0.1) is 11.3 Å². The van der Waals surface area contributed by atoms with E-state index in [-0.39, 0.29) is 15.9 Å². The highest BCUT2D eigenvalue weighted by molar-refractivity contribution is 7.89. The second-order valence-electron chi connectivity index (χ2n) is 8.70. The SMILES string of the molecule is COC(=O)c1sccc1S(=O)(=O)N1CCN(C[C@@H](OCc2ccc(C#N)cc2)c2cccc(OC)c2)CC1. The van der Waals surface area contributed by atoms with Crippen molar-refractivity contribution in [2.24, 2.45) is 0 Å². The van der Waals surface area contributed by atoms with Crippen LogP contribution >= 0.6 is 11.3 Å². The van der Waals surface area contributed by atoms with Gasteiger partial charge in [0.2, 0.25) is 10.0 Å². The lowest BCUT2D eigenvalue weighted by Crippen LogP contribution is -2.49. The van der Waals surface area contributed by atoms with E-state index in [4.69, 9.17) is 19.5 Å². The summed E-state index contributed by atoms with van der Waals surface area (Å²) in [6.45, 7) is 2.52. The molecule has 1 aromatic heterocycles. The van der Waals surface area contributed by atoms with Crippen LogP contribution in [0.2, 0.25) is 0 Å². The maximum Gasteiger partial charge on any atom is 0.349 e. The van der Waals surface area contributed by atoms with E-state index >= 15 is 0 Å². The average Bonchev–Trinajstić information content (AvgIpc) is 3.46. The van der Waals surface area contributed by atoms with Crippen molar-refractivity contribution in [1.29, 1.82) is 5.26 Å². The molecule has 0 bridgehead atoms. The number of carbonyl (C=O) groups excluding carboxylic acids is 1. The number of piperazine rings is 1. The van der Waals surface area contributed by atoms with Gasteiger partial charge in [0.05, 0.1) is 38.6 Å². The van der Waals surface area contributed by atoms with Gasteiger partial charge in [-0.1, -0.05) is 24.3 Å². The summed E-state index contributed by atoms with van der Waals surface area (Å²) in [5.41, 5.74) is 2.49. The molecule has 2 aromatic carbocycles. The first-order chi connectivity index (χ1) is 18.3. The average molecular weight is 556 g/mol. The first kappa shape index (κ1) is 27.8. The predicted molar refractivity (Wildman–Crippen MR) is 143 cm³/mol. The van der Waals surface area contributed by atoms with E-state index in [0.29, 0.717) is 44.9 Å². The minimum atomic E-state index is -3.82. The number of nitrogens with zero attached hydrogens (tertiary/aromatic N) is 3. The monoisotopic (exact) mass is 555 g/mol. The largest absolute Gasteiger partial charge is 0.497 e. The van der Waals surface area contributed by atoms with Gasteiger partial charge in [-0.3, -0.25) is 4.90 Å². The van der Waals surface area contributed by atoms with E-state index in [1.165, 1.54) is 17.5 Å². The molecule has 3 aromatic rings. The molecule has 38 heavy (non-hydrogen) atoms. The van der Waals surface area contributed by atoms with Crippen molar-refractivity contribution < 1.29 is 27.4 Å². The molecular formula is C27H29N3O6S2. The Balaban J connectivity index is 1.44. The summed E-state index contributed by atoms with van der Waals surface area (Å²) in [5, 5.41) is 10.6. The summed E-state index contributed by atoms with van der Waals surface area (Å²) < 4.78 is 44.4. The fourth-order valence-corrected chi connectivity index (χ4v) is 6.97. The molecule has 0 amide bonds. The van der Waals surface area contributed by atoms with Crippen LogP contribution in [0.15, 0.2) is 64.9 Å². The highest BCUT2D eigenvalue weighted by atomic mass is 32.2. The fraction of sp³-hybridized carbons (Fsp3) is 0.333. The zero-order valence-electron chi connectivity index (χ0n) is 21.2. The summed E-state index contributed by atoms with van der Waals surface area (Å²) in [6.07, 6.45) is -0.285. The summed E-state index contributed by atoms with van der Waals surface area (Å²) in [5.74, 6) is 0.0697. The van der Waals surface area contributed by atoms with Crippen molar-refractivity contribution in [3.8, 4) is 11.8 Å². The van der Waals surface area contributed by atoms with Crippen LogP contribution in [0.25, 0.3) is 0 Å². The summed E-state index contributed by atoms with van der Waals surface area (Å²) >= 11 is 1.05. The molecule has 11 heteroatoms. The van der Waals surface area contributed by atoms with Gasteiger partial charge in [-0.25, -0.2) is 13.2 Å². The zero-order valence-corrected chi connectivity index (χ0v) is 22.8. The second kappa shape index (κ2) is 12.5. The molecule has 1 atom stereocenters. The van der Waals surface area contributed by atoms with Crippen LogP contribution in [-0.2, 0) is 26.1 Å². The molecule has 0 N–H and O–H groups in total. The Morgan fingerprint density at radius 3 is 2.47 bits per heavy atom. The van der Waals surface area contributed by atoms with Gasteiger partial charge >= 0.3 is 5.97 Å². The lowest BCUT2D eigenvalue weighted by atomic mass is 10.1. The maximum atomic E-state index is 13.3. The predicted octanol–water partition coefficient (Wildman–Crippen LogP) is 3.68. The van der Waals surface area contributed by atoms with Crippen molar-refractivity contribution in [2.75, 3.05) is 46.9 Å². The first-order valence-electron chi connectivity index (χ1n) is 12.0. The van der Waals surface area contributed by atoms with Crippen LogP contribution in [0.5, 0.6) is 5.75 Å². The molecule has 0 unspecified atom stereocenters. The van der Waals surface area contributed by atoms with Gasteiger partial charge in [-0.2, -0.15) is 9.57 Å². The second-order valence-corrected chi connectivity index (χ2v) is 11.5. The molecule has 1 aliphatic rings. The van der Waals surface area contributed by atoms with Crippen molar-refractivity contribution in [3.05, 3.63) is 81.5 Å². The number of thiophene rings is 1. The number of ether oxygens (including phenoxy) is 3. The normalized spacial score (nSPS) is 15.5. The van der Waals surface area contributed by atoms with Gasteiger partial charge in [0.1, 0.15) is 15.5 Å². The molecule has 1 aliphatic heterocycles. The highest BCUT2D eigenvalue weighted by Gasteiger charge is 2.33. The third-order valence-corrected chi connectivity index (χ3v) is 9.34. The molecule has 200 valence electrons. The van der Waals surface area contributed by atoms with Crippen LogP contribution in [0.1, 0.15) is 32.5 Å². The van der Waals surface area contributed by atoms with Crippen molar-refractivity contribution in [1.82, 2.24) is 9.21 Å². The molecule has 1 saturated heterocycles. The quantitative estimate of drug-likeness (QED) is 0.349. The topological polar surface area (TPSA) is 109 Å².